The van der Waals surface area contributed by atoms with Gasteiger partial charge in [0.15, 0.2) is 0 Å². The van der Waals surface area contributed by atoms with Crippen LogP contribution in [-0.4, -0.2) is 28.5 Å². The maximum Gasteiger partial charge on any atom is 0.223 e. The smallest absolute Gasteiger partial charge is 0.223 e. The van der Waals surface area contributed by atoms with Crippen molar-refractivity contribution in [2.45, 2.75) is 26.3 Å². The van der Waals surface area contributed by atoms with Crippen LogP contribution in [0.2, 0.25) is 0 Å². The molecule has 0 radical (unpaired) electrons. The zero-order chi connectivity index (χ0) is 19.3. The van der Waals surface area contributed by atoms with Gasteiger partial charge in [0.05, 0.1) is 11.9 Å². The molecule has 0 aliphatic carbocycles. The summed E-state index contributed by atoms with van der Waals surface area (Å²) >= 11 is 0. The summed E-state index contributed by atoms with van der Waals surface area (Å²) in [6.07, 6.45) is 7.64. The molecule has 0 atom stereocenters. The van der Waals surface area contributed by atoms with E-state index >= 15 is 0 Å². The van der Waals surface area contributed by atoms with Gasteiger partial charge in [0, 0.05) is 37.9 Å². The van der Waals surface area contributed by atoms with Crippen molar-refractivity contribution in [2.75, 3.05) is 18.0 Å². The van der Waals surface area contributed by atoms with Crippen molar-refractivity contribution in [3.63, 3.8) is 0 Å². The van der Waals surface area contributed by atoms with Gasteiger partial charge >= 0.3 is 0 Å². The minimum atomic E-state index is 0.0841. The fourth-order valence-electron chi connectivity index (χ4n) is 3.63. The Kier molecular flexibility index (Phi) is 5.42. The summed E-state index contributed by atoms with van der Waals surface area (Å²) in [5.41, 5.74) is 3.43. The van der Waals surface area contributed by atoms with Crippen LogP contribution < -0.4 is 10.2 Å². The first-order chi connectivity index (χ1) is 13.7. The number of anilines is 1. The van der Waals surface area contributed by atoms with Crippen molar-refractivity contribution >= 4 is 11.7 Å². The van der Waals surface area contributed by atoms with Gasteiger partial charge in [0.25, 0.3) is 0 Å². The number of hydrogen-bond acceptors (Lipinski definition) is 3. The van der Waals surface area contributed by atoms with E-state index in [4.69, 9.17) is 0 Å². The van der Waals surface area contributed by atoms with Crippen LogP contribution in [-0.2, 0) is 11.3 Å². The molecule has 1 saturated heterocycles. The Morgan fingerprint density at radius 1 is 1.07 bits per heavy atom. The first-order valence-electron chi connectivity index (χ1n) is 9.87. The molecule has 5 nitrogen and oxygen atoms in total. The second-order valence-corrected chi connectivity index (χ2v) is 7.43. The van der Waals surface area contributed by atoms with Gasteiger partial charge in [-0.25, -0.2) is 4.98 Å². The predicted octanol–water partition coefficient (Wildman–Crippen LogP) is 3.71. The van der Waals surface area contributed by atoms with Crippen LogP contribution in [0.1, 0.15) is 24.0 Å². The van der Waals surface area contributed by atoms with Gasteiger partial charge in [-0.1, -0.05) is 29.8 Å². The number of aromatic nitrogens is 2. The zero-order valence-corrected chi connectivity index (χ0v) is 16.2. The molecule has 1 aliphatic heterocycles. The van der Waals surface area contributed by atoms with E-state index in [0.29, 0.717) is 6.54 Å². The number of benzene rings is 1. The Balaban J connectivity index is 1.28. The van der Waals surface area contributed by atoms with Gasteiger partial charge in [-0.15, -0.1) is 0 Å². The van der Waals surface area contributed by atoms with Gasteiger partial charge in [-0.2, -0.15) is 0 Å². The fourth-order valence-corrected chi connectivity index (χ4v) is 3.63. The highest BCUT2D eigenvalue weighted by molar-refractivity contribution is 5.79. The first-order valence-corrected chi connectivity index (χ1v) is 9.87. The Morgan fingerprint density at radius 2 is 1.79 bits per heavy atom. The number of amides is 1. The minimum Gasteiger partial charge on any atom is -0.357 e. The van der Waals surface area contributed by atoms with Crippen molar-refractivity contribution in [2.24, 2.45) is 5.92 Å². The lowest BCUT2D eigenvalue weighted by molar-refractivity contribution is -0.125. The van der Waals surface area contributed by atoms with Crippen LogP contribution in [0, 0.1) is 12.8 Å². The first kappa shape index (κ1) is 18.3. The molecule has 3 aromatic rings. The van der Waals surface area contributed by atoms with Crippen molar-refractivity contribution in [1.82, 2.24) is 14.9 Å². The molecule has 1 amide bonds. The summed E-state index contributed by atoms with van der Waals surface area (Å²) in [4.78, 5) is 19.4. The molecular formula is C23H26N4O. The number of piperidine rings is 1. The zero-order valence-electron chi connectivity index (χ0n) is 16.2. The van der Waals surface area contributed by atoms with Crippen molar-refractivity contribution in [1.29, 1.82) is 0 Å². The molecule has 144 valence electrons. The van der Waals surface area contributed by atoms with Gasteiger partial charge in [0.1, 0.15) is 5.82 Å². The number of hydrogen-bond donors (Lipinski definition) is 1. The molecule has 1 aliphatic rings. The Morgan fingerprint density at radius 3 is 2.43 bits per heavy atom. The van der Waals surface area contributed by atoms with Crippen LogP contribution >= 0.6 is 0 Å². The normalized spacial score (nSPS) is 14.8. The summed E-state index contributed by atoms with van der Waals surface area (Å²) in [7, 11) is 0. The molecule has 3 heterocycles. The van der Waals surface area contributed by atoms with Crippen LogP contribution in [0.15, 0.2) is 67.1 Å². The molecule has 1 aromatic carbocycles. The number of rotatable bonds is 5. The van der Waals surface area contributed by atoms with E-state index in [2.05, 4.69) is 58.5 Å². The molecule has 0 unspecified atom stereocenters. The Bertz CT molecular complexity index is 893. The third-order valence-corrected chi connectivity index (χ3v) is 5.41. The van der Waals surface area contributed by atoms with E-state index in [1.807, 2.05) is 35.3 Å². The second-order valence-electron chi connectivity index (χ2n) is 7.43. The lowest BCUT2D eigenvalue weighted by Gasteiger charge is -2.32. The average Bonchev–Trinajstić information content (AvgIpc) is 3.28. The minimum absolute atomic E-state index is 0.0841. The third kappa shape index (κ3) is 4.25. The lowest BCUT2D eigenvalue weighted by Crippen LogP contribution is -2.40. The number of nitrogens with one attached hydrogen (secondary N) is 1. The molecule has 1 fully saturated rings. The molecule has 0 bridgehead atoms. The van der Waals surface area contributed by atoms with Gasteiger partial charge in [-0.05, 0) is 49.6 Å². The van der Waals surface area contributed by atoms with E-state index in [-0.39, 0.29) is 11.8 Å². The van der Waals surface area contributed by atoms with Crippen LogP contribution in [0.4, 0.5) is 5.82 Å². The highest BCUT2D eigenvalue weighted by atomic mass is 16.1. The average molecular weight is 374 g/mol. The summed E-state index contributed by atoms with van der Waals surface area (Å²) in [5, 5.41) is 3.09. The van der Waals surface area contributed by atoms with Gasteiger partial charge < -0.3 is 14.8 Å². The molecule has 4 rings (SSSR count). The summed E-state index contributed by atoms with van der Waals surface area (Å²) in [5.74, 6) is 1.23. The van der Waals surface area contributed by atoms with E-state index in [0.717, 1.165) is 43.0 Å². The number of aryl methyl sites for hydroxylation is 1. The number of carbonyl (C=O) groups is 1. The highest BCUT2D eigenvalue weighted by Crippen LogP contribution is 2.23. The Hall–Kier alpha value is -3.08. The van der Waals surface area contributed by atoms with E-state index in [1.54, 1.807) is 0 Å². The van der Waals surface area contributed by atoms with Gasteiger partial charge in [-0.3, -0.25) is 4.79 Å². The van der Waals surface area contributed by atoms with E-state index < -0.39 is 0 Å². The standard InChI is InChI=1S/C23H26N4O/c1-18-4-6-19(7-5-18)16-25-23(28)20-10-14-27(15-11-20)22-9-8-21(17-24-22)26-12-2-3-13-26/h2-9,12-13,17,20H,10-11,14-16H2,1H3,(H,25,28). The number of pyridine rings is 1. The van der Waals surface area contributed by atoms with Gasteiger partial charge in [0.2, 0.25) is 5.91 Å². The molecule has 0 saturated carbocycles. The SMILES string of the molecule is Cc1ccc(CNC(=O)C2CCN(c3ccc(-n4cccc4)cn3)CC2)cc1. The second kappa shape index (κ2) is 8.30. The van der Waals surface area contributed by atoms with E-state index in [1.165, 1.54) is 5.56 Å². The fraction of sp³-hybridized carbons (Fsp3) is 0.304. The topological polar surface area (TPSA) is 50.2 Å². The van der Waals surface area contributed by atoms with Crippen molar-refractivity contribution in [3.05, 3.63) is 78.2 Å². The molecule has 5 heteroatoms. The maximum absolute atomic E-state index is 12.5. The Labute approximate surface area is 166 Å². The molecular weight excluding hydrogens is 348 g/mol. The predicted molar refractivity (Wildman–Crippen MR) is 112 cm³/mol. The maximum atomic E-state index is 12.5. The van der Waals surface area contributed by atoms with Crippen LogP contribution in [0.3, 0.4) is 0 Å². The summed E-state index contributed by atoms with van der Waals surface area (Å²) in [6.45, 7) is 4.39. The lowest BCUT2D eigenvalue weighted by atomic mass is 9.95. The quantitative estimate of drug-likeness (QED) is 0.741. The molecule has 1 N–H and O–H groups in total. The highest BCUT2D eigenvalue weighted by Gasteiger charge is 2.25. The van der Waals surface area contributed by atoms with E-state index in [9.17, 15) is 4.79 Å². The van der Waals surface area contributed by atoms with Crippen molar-refractivity contribution < 1.29 is 4.79 Å². The number of carbonyl (C=O) groups excluding carboxylic acids is 1. The monoisotopic (exact) mass is 374 g/mol. The largest absolute Gasteiger partial charge is 0.357 e. The summed E-state index contributed by atoms with van der Waals surface area (Å²) < 4.78 is 2.04. The summed E-state index contributed by atoms with van der Waals surface area (Å²) in [6, 6.07) is 16.5. The molecule has 2 aromatic heterocycles. The van der Waals surface area contributed by atoms with Crippen molar-refractivity contribution in [3.8, 4) is 5.69 Å². The number of nitrogens with zero attached hydrogens (tertiary/aromatic N) is 3. The third-order valence-electron chi connectivity index (χ3n) is 5.41. The molecule has 0 spiro atoms. The molecule has 28 heavy (non-hydrogen) atoms. The van der Waals surface area contributed by atoms with Crippen LogP contribution in [0.25, 0.3) is 5.69 Å². The van der Waals surface area contributed by atoms with Crippen LogP contribution in [0.5, 0.6) is 0 Å².